The molecular formula is C16H23N5O2. The van der Waals surface area contributed by atoms with Crippen molar-refractivity contribution in [3.63, 3.8) is 0 Å². The van der Waals surface area contributed by atoms with Crippen LogP contribution in [0.15, 0.2) is 23.2 Å². The second kappa shape index (κ2) is 6.95. The molecule has 0 unspecified atom stereocenters. The third-order valence-corrected chi connectivity index (χ3v) is 4.43. The molecule has 1 amide bonds. The highest BCUT2D eigenvalue weighted by Crippen LogP contribution is 2.16. The molecule has 23 heavy (non-hydrogen) atoms. The topological polar surface area (TPSA) is 67.4 Å². The van der Waals surface area contributed by atoms with Crippen molar-refractivity contribution in [1.29, 1.82) is 0 Å². The molecule has 0 atom stereocenters. The van der Waals surface area contributed by atoms with Gasteiger partial charge in [-0.1, -0.05) is 5.16 Å². The quantitative estimate of drug-likeness (QED) is 0.829. The lowest BCUT2D eigenvalue weighted by molar-refractivity contribution is -0.133. The number of rotatable bonds is 5. The number of amides is 1. The standard InChI is InChI=1S/C16H23N5O2/c1-13-15(14(2)23-18-13)11-19-7-9-21(10-8-19)16(22)3-5-20-6-4-17-12-20/h4,6,12H,3,5,7-11H2,1-2H3. The predicted molar refractivity (Wildman–Crippen MR) is 84.7 cm³/mol. The Labute approximate surface area is 135 Å². The summed E-state index contributed by atoms with van der Waals surface area (Å²) >= 11 is 0. The van der Waals surface area contributed by atoms with Crippen LogP contribution in [0.4, 0.5) is 0 Å². The van der Waals surface area contributed by atoms with Crippen molar-refractivity contribution in [3.8, 4) is 0 Å². The van der Waals surface area contributed by atoms with Gasteiger partial charge in [0, 0.05) is 63.6 Å². The minimum absolute atomic E-state index is 0.218. The van der Waals surface area contributed by atoms with Crippen LogP contribution in [0, 0.1) is 13.8 Å². The maximum atomic E-state index is 12.3. The van der Waals surface area contributed by atoms with E-state index in [2.05, 4.69) is 15.0 Å². The highest BCUT2D eigenvalue weighted by atomic mass is 16.5. The monoisotopic (exact) mass is 317 g/mol. The van der Waals surface area contributed by atoms with Crippen molar-refractivity contribution in [2.24, 2.45) is 0 Å². The summed E-state index contributed by atoms with van der Waals surface area (Å²) in [5, 5.41) is 4.00. The molecule has 0 radical (unpaired) electrons. The van der Waals surface area contributed by atoms with E-state index in [0.717, 1.165) is 44.2 Å². The number of hydrogen-bond donors (Lipinski definition) is 0. The average molecular weight is 317 g/mol. The molecule has 0 spiro atoms. The Hall–Kier alpha value is -2.15. The van der Waals surface area contributed by atoms with Crippen LogP contribution in [0.5, 0.6) is 0 Å². The summed E-state index contributed by atoms with van der Waals surface area (Å²) in [5.41, 5.74) is 2.13. The molecule has 0 aromatic carbocycles. The zero-order valence-electron chi connectivity index (χ0n) is 13.7. The summed E-state index contributed by atoms with van der Waals surface area (Å²) < 4.78 is 7.15. The zero-order valence-corrected chi connectivity index (χ0v) is 13.7. The molecule has 2 aromatic heterocycles. The molecule has 1 fully saturated rings. The largest absolute Gasteiger partial charge is 0.361 e. The van der Waals surface area contributed by atoms with Crippen LogP contribution in [-0.2, 0) is 17.9 Å². The fourth-order valence-corrected chi connectivity index (χ4v) is 2.91. The summed E-state index contributed by atoms with van der Waals surface area (Å²) in [6, 6.07) is 0. The first kappa shape index (κ1) is 15.7. The van der Waals surface area contributed by atoms with E-state index < -0.39 is 0 Å². The van der Waals surface area contributed by atoms with E-state index in [1.165, 1.54) is 5.56 Å². The van der Waals surface area contributed by atoms with Crippen LogP contribution >= 0.6 is 0 Å². The number of aromatic nitrogens is 3. The summed E-state index contributed by atoms with van der Waals surface area (Å²) in [5.74, 6) is 1.11. The van der Waals surface area contributed by atoms with Gasteiger partial charge in [-0.2, -0.15) is 0 Å². The Morgan fingerprint density at radius 1 is 1.26 bits per heavy atom. The van der Waals surface area contributed by atoms with Crippen LogP contribution in [0.3, 0.4) is 0 Å². The van der Waals surface area contributed by atoms with Gasteiger partial charge in [-0.3, -0.25) is 9.69 Å². The second-order valence-electron chi connectivity index (χ2n) is 6.01. The number of aryl methyl sites for hydroxylation is 3. The number of nitrogens with zero attached hydrogens (tertiary/aromatic N) is 5. The fourth-order valence-electron chi connectivity index (χ4n) is 2.91. The highest BCUT2D eigenvalue weighted by Gasteiger charge is 2.22. The predicted octanol–water partition coefficient (Wildman–Crippen LogP) is 1.22. The number of imidazole rings is 1. The number of carbonyl (C=O) groups is 1. The Morgan fingerprint density at radius 3 is 2.65 bits per heavy atom. The van der Waals surface area contributed by atoms with E-state index in [9.17, 15) is 4.79 Å². The van der Waals surface area contributed by atoms with E-state index in [-0.39, 0.29) is 5.91 Å². The minimum Gasteiger partial charge on any atom is -0.361 e. The Balaban J connectivity index is 1.45. The molecule has 0 bridgehead atoms. The van der Waals surface area contributed by atoms with Crippen LogP contribution in [0.2, 0.25) is 0 Å². The normalized spacial score (nSPS) is 16.0. The van der Waals surface area contributed by atoms with Gasteiger partial charge < -0.3 is 14.0 Å². The van der Waals surface area contributed by atoms with E-state index in [0.29, 0.717) is 13.0 Å². The van der Waals surface area contributed by atoms with E-state index in [1.54, 1.807) is 12.5 Å². The molecule has 3 heterocycles. The van der Waals surface area contributed by atoms with Crippen LogP contribution in [0.25, 0.3) is 0 Å². The molecule has 124 valence electrons. The number of hydrogen-bond acceptors (Lipinski definition) is 5. The first-order chi connectivity index (χ1) is 11.1. The Bertz CT molecular complexity index is 622. The molecule has 7 nitrogen and oxygen atoms in total. The van der Waals surface area contributed by atoms with E-state index in [4.69, 9.17) is 4.52 Å². The van der Waals surface area contributed by atoms with Gasteiger partial charge in [0.1, 0.15) is 5.76 Å². The SMILES string of the molecule is Cc1noc(C)c1CN1CCN(C(=O)CCn2ccnc2)CC1. The van der Waals surface area contributed by atoms with Gasteiger partial charge in [-0.15, -0.1) is 0 Å². The zero-order chi connectivity index (χ0) is 16.2. The second-order valence-corrected chi connectivity index (χ2v) is 6.01. The van der Waals surface area contributed by atoms with Gasteiger partial charge in [0.15, 0.2) is 0 Å². The van der Waals surface area contributed by atoms with E-state index in [1.807, 2.05) is 29.5 Å². The van der Waals surface area contributed by atoms with Crippen molar-refractivity contribution < 1.29 is 9.32 Å². The lowest BCUT2D eigenvalue weighted by atomic mass is 10.1. The molecule has 3 rings (SSSR count). The molecule has 1 aliphatic rings. The summed E-state index contributed by atoms with van der Waals surface area (Å²) in [4.78, 5) is 20.6. The average Bonchev–Trinajstić information content (AvgIpc) is 3.18. The maximum absolute atomic E-state index is 12.3. The molecule has 2 aromatic rings. The molecule has 7 heteroatoms. The highest BCUT2D eigenvalue weighted by molar-refractivity contribution is 5.76. The Kier molecular flexibility index (Phi) is 4.76. The van der Waals surface area contributed by atoms with Gasteiger partial charge in [0.05, 0.1) is 12.0 Å². The van der Waals surface area contributed by atoms with Gasteiger partial charge >= 0.3 is 0 Å². The summed E-state index contributed by atoms with van der Waals surface area (Å²) in [7, 11) is 0. The number of carbonyl (C=O) groups excluding carboxylic acids is 1. The third kappa shape index (κ3) is 3.79. The lowest BCUT2D eigenvalue weighted by Gasteiger charge is -2.34. The number of piperazine rings is 1. The van der Waals surface area contributed by atoms with E-state index >= 15 is 0 Å². The van der Waals surface area contributed by atoms with Crippen molar-refractivity contribution in [1.82, 2.24) is 24.5 Å². The molecule has 0 saturated carbocycles. The van der Waals surface area contributed by atoms with Crippen molar-refractivity contribution in [2.45, 2.75) is 33.4 Å². The van der Waals surface area contributed by atoms with Gasteiger partial charge in [-0.25, -0.2) is 4.98 Å². The summed E-state index contributed by atoms with van der Waals surface area (Å²) in [6.07, 6.45) is 5.89. The fraction of sp³-hybridized carbons (Fsp3) is 0.562. The molecule has 0 aliphatic carbocycles. The van der Waals surface area contributed by atoms with Crippen molar-refractivity contribution >= 4 is 5.91 Å². The lowest BCUT2D eigenvalue weighted by Crippen LogP contribution is -2.48. The van der Waals surface area contributed by atoms with Crippen LogP contribution in [0.1, 0.15) is 23.4 Å². The minimum atomic E-state index is 0.218. The first-order valence-corrected chi connectivity index (χ1v) is 8.01. The third-order valence-electron chi connectivity index (χ3n) is 4.43. The molecule has 0 N–H and O–H groups in total. The summed E-state index contributed by atoms with van der Waals surface area (Å²) in [6.45, 7) is 8.81. The van der Waals surface area contributed by atoms with Gasteiger partial charge in [-0.05, 0) is 13.8 Å². The maximum Gasteiger partial charge on any atom is 0.224 e. The molecule has 1 saturated heterocycles. The van der Waals surface area contributed by atoms with Crippen molar-refractivity contribution in [2.75, 3.05) is 26.2 Å². The smallest absolute Gasteiger partial charge is 0.224 e. The first-order valence-electron chi connectivity index (χ1n) is 8.01. The molecule has 1 aliphatic heterocycles. The van der Waals surface area contributed by atoms with Gasteiger partial charge in [0.2, 0.25) is 5.91 Å². The Morgan fingerprint density at radius 2 is 2.04 bits per heavy atom. The van der Waals surface area contributed by atoms with Crippen molar-refractivity contribution in [3.05, 3.63) is 35.7 Å². The van der Waals surface area contributed by atoms with Crippen LogP contribution < -0.4 is 0 Å². The molecular weight excluding hydrogens is 294 g/mol. The van der Waals surface area contributed by atoms with Gasteiger partial charge in [0.25, 0.3) is 0 Å². The van der Waals surface area contributed by atoms with Crippen LogP contribution in [-0.4, -0.2) is 56.6 Å².